The summed E-state index contributed by atoms with van der Waals surface area (Å²) in [6.07, 6.45) is 2.13. The Kier molecular flexibility index (Phi) is 4.20. The lowest BCUT2D eigenvalue weighted by Gasteiger charge is -2.19. The molecule has 2 amide bonds. The summed E-state index contributed by atoms with van der Waals surface area (Å²) in [7, 11) is 0. The first-order chi connectivity index (χ1) is 6.63. The molecule has 0 saturated carbocycles. The molecular weight excluding hydrogens is 178 g/mol. The molecule has 4 heteroatoms. The molecule has 0 aromatic rings. The molecule has 0 aliphatic carbocycles. The molecule has 1 rings (SSSR count). The summed E-state index contributed by atoms with van der Waals surface area (Å²) in [5.74, 6) is 0.609. The summed E-state index contributed by atoms with van der Waals surface area (Å²) in [6, 6.07) is 0.288. The van der Waals surface area contributed by atoms with Crippen molar-refractivity contribution < 1.29 is 4.79 Å². The number of nitrogens with zero attached hydrogens (tertiary/aromatic N) is 1. The number of hydrogen-bond acceptors (Lipinski definition) is 2. The van der Waals surface area contributed by atoms with Crippen molar-refractivity contribution >= 4 is 6.03 Å². The van der Waals surface area contributed by atoms with Crippen LogP contribution in [0.25, 0.3) is 0 Å². The second-order valence-corrected chi connectivity index (χ2v) is 4.28. The number of nitrogens with one attached hydrogen (secondary N) is 1. The lowest BCUT2D eigenvalue weighted by atomic mass is 10.1. The zero-order valence-corrected chi connectivity index (χ0v) is 9.12. The van der Waals surface area contributed by atoms with Crippen molar-refractivity contribution in [1.29, 1.82) is 0 Å². The highest BCUT2D eigenvalue weighted by Gasteiger charge is 2.25. The molecule has 4 nitrogen and oxygen atoms in total. The van der Waals surface area contributed by atoms with Gasteiger partial charge >= 0.3 is 6.03 Å². The Morgan fingerprint density at radius 2 is 2.36 bits per heavy atom. The van der Waals surface area contributed by atoms with Crippen molar-refractivity contribution in [3.63, 3.8) is 0 Å². The lowest BCUT2D eigenvalue weighted by Crippen LogP contribution is -2.41. The minimum atomic E-state index is 0.0690. The van der Waals surface area contributed by atoms with Crippen molar-refractivity contribution in [2.24, 2.45) is 11.7 Å². The van der Waals surface area contributed by atoms with E-state index in [9.17, 15) is 4.79 Å². The second-order valence-electron chi connectivity index (χ2n) is 4.28. The zero-order chi connectivity index (χ0) is 10.6. The van der Waals surface area contributed by atoms with Crippen molar-refractivity contribution in [3.05, 3.63) is 0 Å². The molecule has 1 unspecified atom stereocenters. The maximum absolute atomic E-state index is 11.6. The molecular formula is C10H21N3O. The highest BCUT2D eigenvalue weighted by Crippen LogP contribution is 2.18. The predicted molar refractivity (Wildman–Crippen MR) is 57.0 cm³/mol. The number of rotatable bonds is 3. The summed E-state index contributed by atoms with van der Waals surface area (Å²) in [5.41, 5.74) is 5.49. The van der Waals surface area contributed by atoms with E-state index in [0.29, 0.717) is 5.92 Å². The topological polar surface area (TPSA) is 58.4 Å². The Morgan fingerprint density at radius 1 is 1.64 bits per heavy atom. The number of likely N-dealkylation sites (tertiary alicyclic amines) is 1. The molecule has 1 aliphatic rings. The smallest absolute Gasteiger partial charge is 0.317 e. The molecule has 1 heterocycles. The molecule has 1 saturated heterocycles. The average molecular weight is 199 g/mol. The van der Waals surface area contributed by atoms with Gasteiger partial charge in [-0.15, -0.1) is 0 Å². The van der Waals surface area contributed by atoms with Crippen molar-refractivity contribution in [2.45, 2.75) is 32.7 Å². The van der Waals surface area contributed by atoms with Crippen LogP contribution in [0.15, 0.2) is 0 Å². The molecule has 0 radical (unpaired) electrons. The normalized spacial score (nSPS) is 21.7. The first-order valence-corrected chi connectivity index (χ1v) is 5.39. The van der Waals surface area contributed by atoms with Gasteiger partial charge in [-0.2, -0.15) is 0 Å². The maximum atomic E-state index is 11.6. The largest absolute Gasteiger partial charge is 0.336 e. The molecule has 3 N–H and O–H groups in total. The number of carbonyl (C=O) groups excluding carboxylic acids is 1. The molecule has 0 aromatic carbocycles. The van der Waals surface area contributed by atoms with E-state index in [2.05, 4.69) is 5.32 Å². The van der Waals surface area contributed by atoms with E-state index in [1.807, 2.05) is 18.7 Å². The summed E-state index contributed by atoms with van der Waals surface area (Å²) in [6.45, 7) is 6.43. The van der Waals surface area contributed by atoms with Gasteiger partial charge < -0.3 is 16.0 Å². The van der Waals surface area contributed by atoms with E-state index < -0.39 is 0 Å². The summed E-state index contributed by atoms with van der Waals surface area (Å²) >= 11 is 0. The molecule has 1 aliphatic heterocycles. The SMILES string of the molecule is CC(C)NC(=O)N1CCC(CCN)C1. The number of urea groups is 1. The lowest BCUT2D eigenvalue weighted by molar-refractivity contribution is 0.204. The van der Waals surface area contributed by atoms with Crippen LogP contribution in [0, 0.1) is 5.92 Å². The Hall–Kier alpha value is -0.770. The van der Waals surface area contributed by atoms with Crippen LogP contribution in [0.3, 0.4) is 0 Å². The van der Waals surface area contributed by atoms with Crippen LogP contribution in [0.5, 0.6) is 0 Å². The van der Waals surface area contributed by atoms with Gasteiger partial charge in [-0.05, 0) is 39.2 Å². The van der Waals surface area contributed by atoms with Crippen LogP contribution in [0.1, 0.15) is 26.7 Å². The van der Waals surface area contributed by atoms with Crippen LogP contribution < -0.4 is 11.1 Å². The highest BCUT2D eigenvalue weighted by molar-refractivity contribution is 5.74. The summed E-state index contributed by atoms with van der Waals surface area (Å²) in [5, 5.41) is 2.90. The Balaban J connectivity index is 2.30. The Bertz CT molecular complexity index is 194. The van der Waals surface area contributed by atoms with Crippen molar-refractivity contribution in [1.82, 2.24) is 10.2 Å². The van der Waals surface area contributed by atoms with Gasteiger partial charge in [-0.3, -0.25) is 0 Å². The molecule has 14 heavy (non-hydrogen) atoms. The molecule has 0 bridgehead atoms. The highest BCUT2D eigenvalue weighted by atomic mass is 16.2. The molecule has 0 aromatic heterocycles. The van der Waals surface area contributed by atoms with Gasteiger partial charge in [0, 0.05) is 19.1 Å². The minimum Gasteiger partial charge on any atom is -0.336 e. The molecule has 0 spiro atoms. The first kappa shape index (κ1) is 11.3. The standard InChI is InChI=1S/C10H21N3O/c1-8(2)12-10(14)13-6-4-9(7-13)3-5-11/h8-9H,3-7,11H2,1-2H3,(H,12,14). The third-order valence-electron chi connectivity index (χ3n) is 2.56. The van der Waals surface area contributed by atoms with Crippen LogP contribution >= 0.6 is 0 Å². The third kappa shape index (κ3) is 3.18. The van der Waals surface area contributed by atoms with Crippen LogP contribution in [0.4, 0.5) is 4.79 Å². The molecule has 1 fully saturated rings. The molecule has 82 valence electrons. The average Bonchev–Trinajstić information content (AvgIpc) is 2.52. The van der Waals surface area contributed by atoms with E-state index in [-0.39, 0.29) is 12.1 Å². The van der Waals surface area contributed by atoms with E-state index in [1.165, 1.54) is 0 Å². The second kappa shape index (κ2) is 5.20. The number of hydrogen-bond donors (Lipinski definition) is 2. The van der Waals surface area contributed by atoms with E-state index >= 15 is 0 Å². The minimum absolute atomic E-state index is 0.0690. The van der Waals surface area contributed by atoms with Crippen LogP contribution in [-0.2, 0) is 0 Å². The van der Waals surface area contributed by atoms with Gasteiger partial charge in [-0.25, -0.2) is 4.79 Å². The zero-order valence-electron chi connectivity index (χ0n) is 9.12. The first-order valence-electron chi connectivity index (χ1n) is 5.39. The van der Waals surface area contributed by atoms with Crippen molar-refractivity contribution in [2.75, 3.05) is 19.6 Å². The van der Waals surface area contributed by atoms with E-state index in [1.54, 1.807) is 0 Å². The third-order valence-corrected chi connectivity index (χ3v) is 2.56. The van der Waals surface area contributed by atoms with Crippen LogP contribution in [0.2, 0.25) is 0 Å². The van der Waals surface area contributed by atoms with E-state index in [0.717, 1.165) is 32.5 Å². The monoisotopic (exact) mass is 199 g/mol. The van der Waals surface area contributed by atoms with Gasteiger partial charge in [0.15, 0.2) is 0 Å². The number of amides is 2. The number of carbonyl (C=O) groups is 1. The van der Waals surface area contributed by atoms with Crippen molar-refractivity contribution in [3.8, 4) is 0 Å². The molecule has 1 atom stereocenters. The van der Waals surface area contributed by atoms with Gasteiger partial charge in [-0.1, -0.05) is 0 Å². The summed E-state index contributed by atoms with van der Waals surface area (Å²) < 4.78 is 0. The van der Waals surface area contributed by atoms with Gasteiger partial charge in [0.2, 0.25) is 0 Å². The Morgan fingerprint density at radius 3 is 2.93 bits per heavy atom. The fourth-order valence-electron chi connectivity index (χ4n) is 1.83. The number of nitrogens with two attached hydrogens (primary N) is 1. The van der Waals surface area contributed by atoms with Gasteiger partial charge in [0.25, 0.3) is 0 Å². The fourth-order valence-corrected chi connectivity index (χ4v) is 1.83. The fraction of sp³-hybridized carbons (Fsp3) is 0.900. The maximum Gasteiger partial charge on any atom is 0.317 e. The summed E-state index contributed by atoms with van der Waals surface area (Å²) in [4.78, 5) is 13.5. The predicted octanol–water partition coefficient (Wildman–Crippen LogP) is 0.775. The van der Waals surface area contributed by atoms with Gasteiger partial charge in [0.05, 0.1) is 0 Å². The quantitative estimate of drug-likeness (QED) is 0.705. The Labute approximate surface area is 85.8 Å². The van der Waals surface area contributed by atoms with Gasteiger partial charge in [0.1, 0.15) is 0 Å². The van der Waals surface area contributed by atoms with Crippen LogP contribution in [-0.4, -0.2) is 36.6 Å². The van der Waals surface area contributed by atoms with E-state index in [4.69, 9.17) is 5.73 Å².